The molecule has 1 N–H and O–H groups in total. The average molecular weight is 382 g/mol. The van der Waals surface area contributed by atoms with Crippen LogP contribution in [0.3, 0.4) is 0 Å². The Morgan fingerprint density at radius 2 is 1.68 bits per heavy atom. The molecule has 3 rings (SSSR count). The monoisotopic (exact) mass is 382 g/mol. The molecule has 1 saturated heterocycles. The Balaban J connectivity index is 1.41. The van der Waals surface area contributed by atoms with Crippen LogP contribution in [0.15, 0.2) is 54.6 Å². The van der Waals surface area contributed by atoms with Gasteiger partial charge in [0.2, 0.25) is 5.91 Å². The Morgan fingerprint density at radius 1 is 1.00 bits per heavy atom. The fourth-order valence-electron chi connectivity index (χ4n) is 3.22. The number of para-hydroxylation sites is 1. The van der Waals surface area contributed by atoms with Crippen molar-refractivity contribution >= 4 is 12.0 Å². The molecule has 0 atom stereocenters. The van der Waals surface area contributed by atoms with Crippen LogP contribution in [-0.4, -0.2) is 42.6 Å². The number of ether oxygens (including phenoxy) is 2. The lowest BCUT2D eigenvalue weighted by Crippen LogP contribution is -2.47. The summed E-state index contributed by atoms with van der Waals surface area (Å²) in [4.78, 5) is 26.4. The SMILES string of the molecule is CCOc1ccc(CC(=O)N2CCC(NC(=O)Oc3ccccc3)CC2)cc1. The van der Waals surface area contributed by atoms with E-state index in [0.717, 1.165) is 24.2 Å². The van der Waals surface area contributed by atoms with Gasteiger partial charge in [-0.05, 0) is 49.6 Å². The number of piperidine rings is 1. The number of amides is 2. The number of nitrogens with zero attached hydrogens (tertiary/aromatic N) is 1. The molecule has 0 bridgehead atoms. The third-order valence-corrected chi connectivity index (χ3v) is 4.71. The normalized spacial score (nSPS) is 14.4. The predicted molar refractivity (Wildman–Crippen MR) is 107 cm³/mol. The molecule has 0 aliphatic carbocycles. The van der Waals surface area contributed by atoms with E-state index in [1.807, 2.05) is 54.3 Å². The molecule has 2 aromatic rings. The van der Waals surface area contributed by atoms with Gasteiger partial charge >= 0.3 is 6.09 Å². The molecule has 0 radical (unpaired) electrons. The number of nitrogens with one attached hydrogen (secondary N) is 1. The van der Waals surface area contributed by atoms with Crippen molar-refractivity contribution in [2.45, 2.75) is 32.2 Å². The number of rotatable bonds is 6. The molecule has 28 heavy (non-hydrogen) atoms. The molecule has 1 aliphatic heterocycles. The molecule has 6 nitrogen and oxygen atoms in total. The molecule has 2 aromatic carbocycles. The van der Waals surface area contributed by atoms with Crippen LogP contribution in [0.5, 0.6) is 11.5 Å². The van der Waals surface area contributed by atoms with Crippen LogP contribution in [0, 0.1) is 0 Å². The predicted octanol–water partition coefficient (Wildman–Crippen LogP) is 3.41. The second-order valence-corrected chi connectivity index (χ2v) is 6.76. The maximum atomic E-state index is 12.5. The highest BCUT2D eigenvalue weighted by Crippen LogP contribution is 2.16. The fourth-order valence-corrected chi connectivity index (χ4v) is 3.22. The standard InChI is InChI=1S/C22H26N2O4/c1-2-27-19-10-8-17(9-11-19)16-21(25)24-14-12-18(13-15-24)23-22(26)28-20-6-4-3-5-7-20/h3-11,18H,2,12-16H2,1H3,(H,23,26). The van der Waals surface area contributed by atoms with Gasteiger partial charge in [0.1, 0.15) is 11.5 Å². The molecule has 0 unspecified atom stereocenters. The molecule has 148 valence electrons. The summed E-state index contributed by atoms with van der Waals surface area (Å²) < 4.78 is 10.7. The van der Waals surface area contributed by atoms with Gasteiger partial charge in [-0.2, -0.15) is 0 Å². The minimum absolute atomic E-state index is 0.0192. The largest absolute Gasteiger partial charge is 0.494 e. The summed E-state index contributed by atoms with van der Waals surface area (Å²) in [6, 6.07) is 16.6. The van der Waals surface area contributed by atoms with E-state index in [-0.39, 0.29) is 11.9 Å². The first-order valence-corrected chi connectivity index (χ1v) is 9.67. The van der Waals surface area contributed by atoms with E-state index in [0.29, 0.717) is 31.9 Å². The smallest absolute Gasteiger partial charge is 0.412 e. The van der Waals surface area contributed by atoms with Gasteiger partial charge in [-0.25, -0.2) is 4.79 Å². The van der Waals surface area contributed by atoms with Gasteiger partial charge in [0.05, 0.1) is 13.0 Å². The molecule has 1 aliphatic rings. The van der Waals surface area contributed by atoms with Crippen LogP contribution in [0.1, 0.15) is 25.3 Å². The molecule has 1 heterocycles. The number of likely N-dealkylation sites (tertiary alicyclic amines) is 1. The Bertz CT molecular complexity index is 769. The Morgan fingerprint density at radius 3 is 2.32 bits per heavy atom. The Hall–Kier alpha value is -3.02. The minimum Gasteiger partial charge on any atom is -0.494 e. The van der Waals surface area contributed by atoms with Gasteiger partial charge in [0, 0.05) is 19.1 Å². The molecule has 0 aromatic heterocycles. The van der Waals surface area contributed by atoms with Crippen LogP contribution in [0.2, 0.25) is 0 Å². The van der Waals surface area contributed by atoms with Crippen molar-refractivity contribution in [2.24, 2.45) is 0 Å². The molecule has 0 saturated carbocycles. The van der Waals surface area contributed by atoms with E-state index in [1.165, 1.54) is 0 Å². The summed E-state index contributed by atoms with van der Waals surface area (Å²) in [5.74, 6) is 1.44. The zero-order chi connectivity index (χ0) is 19.8. The first kappa shape index (κ1) is 19.7. The number of carbonyl (C=O) groups excluding carboxylic acids is 2. The number of hydrogen-bond acceptors (Lipinski definition) is 4. The van der Waals surface area contributed by atoms with Gasteiger partial charge in [-0.15, -0.1) is 0 Å². The summed E-state index contributed by atoms with van der Waals surface area (Å²) in [7, 11) is 0. The molecule has 2 amide bonds. The van der Waals surface area contributed by atoms with E-state index >= 15 is 0 Å². The fraction of sp³-hybridized carbons (Fsp3) is 0.364. The lowest BCUT2D eigenvalue weighted by atomic mass is 10.0. The molecule has 6 heteroatoms. The van der Waals surface area contributed by atoms with Crippen molar-refractivity contribution in [2.75, 3.05) is 19.7 Å². The van der Waals surface area contributed by atoms with E-state index < -0.39 is 6.09 Å². The van der Waals surface area contributed by atoms with Crippen LogP contribution in [-0.2, 0) is 11.2 Å². The van der Waals surface area contributed by atoms with Crippen LogP contribution in [0.4, 0.5) is 4.79 Å². The Kier molecular flexibility index (Phi) is 6.89. The van der Waals surface area contributed by atoms with E-state index in [1.54, 1.807) is 12.1 Å². The van der Waals surface area contributed by atoms with Gasteiger partial charge in [0.15, 0.2) is 0 Å². The maximum Gasteiger partial charge on any atom is 0.412 e. The van der Waals surface area contributed by atoms with Crippen molar-refractivity contribution in [3.05, 3.63) is 60.2 Å². The second-order valence-electron chi connectivity index (χ2n) is 6.76. The van der Waals surface area contributed by atoms with E-state index in [9.17, 15) is 9.59 Å². The van der Waals surface area contributed by atoms with Crippen molar-refractivity contribution in [3.8, 4) is 11.5 Å². The number of carbonyl (C=O) groups is 2. The first-order valence-electron chi connectivity index (χ1n) is 9.67. The lowest BCUT2D eigenvalue weighted by Gasteiger charge is -2.32. The molecular weight excluding hydrogens is 356 g/mol. The highest BCUT2D eigenvalue weighted by molar-refractivity contribution is 5.79. The molecular formula is C22H26N2O4. The third-order valence-electron chi connectivity index (χ3n) is 4.71. The summed E-state index contributed by atoms with van der Waals surface area (Å²) >= 11 is 0. The highest BCUT2D eigenvalue weighted by Gasteiger charge is 2.24. The van der Waals surface area contributed by atoms with Gasteiger partial charge < -0.3 is 19.7 Å². The minimum atomic E-state index is -0.453. The zero-order valence-electron chi connectivity index (χ0n) is 16.1. The first-order chi connectivity index (χ1) is 13.6. The molecule has 1 fully saturated rings. The lowest BCUT2D eigenvalue weighted by molar-refractivity contribution is -0.131. The van der Waals surface area contributed by atoms with Gasteiger partial charge in [-0.3, -0.25) is 4.79 Å². The maximum absolute atomic E-state index is 12.5. The molecule has 0 spiro atoms. The van der Waals surface area contributed by atoms with Crippen LogP contribution < -0.4 is 14.8 Å². The van der Waals surface area contributed by atoms with Crippen molar-refractivity contribution in [1.29, 1.82) is 0 Å². The van der Waals surface area contributed by atoms with Crippen LogP contribution in [0.25, 0.3) is 0 Å². The highest BCUT2D eigenvalue weighted by atomic mass is 16.6. The third kappa shape index (κ3) is 5.74. The summed E-state index contributed by atoms with van der Waals surface area (Å²) in [6.07, 6.45) is 1.36. The summed E-state index contributed by atoms with van der Waals surface area (Å²) in [5, 5.41) is 2.88. The summed E-state index contributed by atoms with van der Waals surface area (Å²) in [5.41, 5.74) is 0.972. The zero-order valence-corrected chi connectivity index (χ0v) is 16.1. The summed E-state index contributed by atoms with van der Waals surface area (Å²) in [6.45, 7) is 3.83. The average Bonchev–Trinajstić information content (AvgIpc) is 2.71. The topological polar surface area (TPSA) is 67.9 Å². The number of hydrogen-bond donors (Lipinski definition) is 1. The van der Waals surface area contributed by atoms with Crippen molar-refractivity contribution < 1.29 is 19.1 Å². The van der Waals surface area contributed by atoms with E-state index in [4.69, 9.17) is 9.47 Å². The van der Waals surface area contributed by atoms with Crippen LogP contribution >= 0.6 is 0 Å². The Labute approximate surface area is 165 Å². The number of benzene rings is 2. The van der Waals surface area contributed by atoms with Crippen molar-refractivity contribution in [3.63, 3.8) is 0 Å². The van der Waals surface area contributed by atoms with Gasteiger partial charge in [0.25, 0.3) is 0 Å². The second kappa shape index (κ2) is 9.78. The quantitative estimate of drug-likeness (QED) is 0.831. The van der Waals surface area contributed by atoms with E-state index in [2.05, 4.69) is 5.32 Å². The van der Waals surface area contributed by atoms with Crippen molar-refractivity contribution in [1.82, 2.24) is 10.2 Å². The van der Waals surface area contributed by atoms with Gasteiger partial charge in [-0.1, -0.05) is 30.3 Å².